The summed E-state index contributed by atoms with van der Waals surface area (Å²) in [5.41, 5.74) is 1.09. The van der Waals surface area contributed by atoms with E-state index in [0.717, 1.165) is 4.47 Å². The summed E-state index contributed by atoms with van der Waals surface area (Å²) >= 11 is 9.06. The number of benzene rings is 2. The predicted molar refractivity (Wildman–Crippen MR) is 76.2 cm³/mol. The number of ether oxygens (including phenoxy) is 1. The molecule has 1 N–H and O–H groups in total. The first kappa shape index (κ1) is 14.3. The van der Waals surface area contributed by atoms with E-state index in [2.05, 4.69) is 15.9 Å². The second-order valence-corrected chi connectivity index (χ2v) is 5.29. The summed E-state index contributed by atoms with van der Waals surface area (Å²) in [6.45, 7) is 0. The minimum atomic E-state index is -0.939. The molecule has 1 unspecified atom stereocenters. The summed E-state index contributed by atoms with van der Waals surface area (Å²) in [7, 11) is 1.52. The molecule has 2 rings (SSSR count). The zero-order valence-corrected chi connectivity index (χ0v) is 12.4. The van der Waals surface area contributed by atoms with Crippen LogP contribution < -0.4 is 4.74 Å². The summed E-state index contributed by atoms with van der Waals surface area (Å²) in [5, 5.41) is 10.3. The maximum Gasteiger partial charge on any atom is 0.141 e. The molecular weight excluding hydrogens is 335 g/mol. The molecule has 0 fully saturated rings. The van der Waals surface area contributed by atoms with Crippen LogP contribution >= 0.6 is 27.5 Å². The highest BCUT2D eigenvalue weighted by atomic mass is 79.9. The van der Waals surface area contributed by atoms with Crippen LogP contribution in [0.5, 0.6) is 5.75 Å². The van der Waals surface area contributed by atoms with Gasteiger partial charge in [0, 0.05) is 10.0 Å². The van der Waals surface area contributed by atoms with Gasteiger partial charge in [-0.3, -0.25) is 0 Å². The molecule has 5 heteroatoms. The standard InChI is InChI=1S/C14H11BrClFO2/c1-19-13-5-3-9(15)7-10(13)14(18)8-2-4-12(17)11(16)6-8/h2-7,14,18H,1H3. The van der Waals surface area contributed by atoms with Gasteiger partial charge in [0.2, 0.25) is 0 Å². The van der Waals surface area contributed by atoms with Crippen molar-refractivity contribution in [1.82, 2.24) is 0 Å². The molecule has 0 saturated heterocycles. The molecule has 0 radical (unpaired) electrons. The zero-order valence-electron chi connectivity index (χ0n) is 10.0. The third kappa shape index (κ3) is 3.08. The van der Waals surface area contributed by atoms with Crippen LogP contribution in [0.15, 0.2) is 40.9 Å². The Hall–Kier alpha value is -1.10. The summed E-state index contributed by atoms with van der Waals surface area (Å²) in [4.78, 5) is 0. The number of rotatable bonds is 3. The third-order valence-electron chi connectivity index (χ3n) is 2.75. The molecule has 1 atom stereocenters. The van der Waals surface area contributed by atoms with E-state index in [9.17, 15) is 9.50 Å². The first-order valence-corrected chi connectivity index (χ1v) is 6.66. The minimum Gasteiger partial charge on any atom is -0.496 e. The second-order valence-electron chi connectivity index (χ2n) is 3.96. The summed E-state index contributed by atoms with van der Waals surface area (Å²) in [6.07, 6.45) is -0.939. The Morgan fingerprint density at radius 2 is 2.00 bits per heavy atom. The molecule has 0 spiro atoms. The largest absolute Gasteiger partial charge is 0.496 e. The number of hydrogen-bond acceptors (Lipinski definition) is 2. The van der Waals surface area contributed by atoms with E-state index >= 15 is 0 Å². The van der Waals surface area contributed by atoms with Crippen LogP contribution in [0.1, 0.15) is 17.2 Å². The Morgan fingerprint density at radius 1 is 1.26 bits per heavy atom. The van der Waals surface area contributed by atoms with Gasteiger partial charge in [-0.25, -0.2) is 4.39 Å². The van der Waals surface area contributed by atoms with Crippen molar-refractivity contribution < 1.29 is 14.2 Å². The average molecular weight is 346 g/mol. The molecule has 0 bridgehead atoms. The molecule has 19 heavy (non-hydrogen) atoms. The van der Waals surface area contributed by atoms with Gasteiger partial charge in [0.25, 0.3) is 0 Å². The van der Waals surface area contributed by atoms with Gasteiger partial charge in [-0.15, -0.1) is 0 Å². The monoisotopic (exact) mass is 344 g/mol. The molecule has 0 aliphatic carbocycles. The van der Waals surface area contributed by atoms with Crippen molar-refractivity contribution in [3.63, 3.8) is 0 Å². The first-order chi connectivity index (χ1) is 9.02. The molecule has 2 aromatic carbocycles. The highest BCUT2D eigenvalue weighted by molar-refractivity contribution is 9.10. The number of aliphatic hydroxyl groups excluding tert-OH is 1. The number of aliphatic hydroxyl groups is 1. The third-order valence-corrected chi connectivity index (χ3v) is 3.53. The van der Waals surface area contributed by atoms with Gasteiger partial charge in [-0.2, -0.15) is 0 Å². The van der Waals surface area contributed by atoms with Gasteiger partial charge in [0.15, 0.2) is 0 Å². The summed E-state index contributed by atoms with van der Waals surface area (Å²) < 4.78 is 19.2. The minimum absolute atomic E-state index is 0.0227. The molecule has 0 amide bonds. The van der Waals surface area contributed by atoms with Crippen molar-refractivity contribution in [2.45, 2.75) is 6.10 Å². The van der Waals surface area contributed by atoms with Crippen LogP contribution in [-0.2, 0) is 0 Å². The molecule has 2 aromatic rings. The highest BCUT2D eigenvalue weighted by Crippen LogP contribution is 2.33. The lowest BCUT2D eigenvalue weighted by molar-refractivity contribution is 0.214. The molecule has 0 saturated carbocycles. The van der Waals surface area contributed by atoms with E-state index in [1.807, 2.05) is 6.07 Å². The molecule has 100 valence electrons. The topological polar surface area (TPSA) is 29.5 Å². The first-order valence-electron chi connectivity index (χ1n) is 5.49. The highest BCUT2D eigenvalue weighted by Gasteiger charge is 2.17. The predicted octanol–water partition coefficient (Wildman–Crippen LogP) is 4.33. The normalized spacial score (nSPS) is 12.3. The van der Waals surface area contributed by atoms with E-state index in [4.69, 9.17) is 16.3 Å². The lowest BCUT2D eigenvalue weighted by Crippen LogP contribution is -2.03. The molecule has 0 aliphatic rings. The summed E-state index contributed by atoms with van der Waals surface area (Å²) in [6, 6.07) is 9.43. The van der Waals surface area contributed by atoms with Gasteiger partial charge in [-0.1, -0.05) is 33.6 Å². The molecule has 2 nitrogen and oxygen atoms in total. The SMILES string of the molecule is COc1ccc(Br)cc1C(O)c1ccc(F)c(Cl)c1. The van der Waals surface area contributed by atoms with Gasteiger partial charge in [-0.05, 0) is 35.9 Å². The van der Waals surface area contributed by atoms with Crippen LogP contribution in [0.3, 0.4) is 0 Å². The van der Waals surface area contributed by atoms with Crippen molar-refractivity contribution in [1.29, 1.82) is 0 Å². The van der Waals surface area contributed by atoms with Crippen LogP contribution in [0.25, 0.3) is 0 Å². The van der Waals surface area contributed by atoms with E-state index in [0.29, 0.717) is 16.9 Å². The molecular formula is C14H11BrClFO2. The van der Waals surface area contributed by atoms with Crippen molar-refractivity contribution >= 4 is 27.5 Å². The Labute approximate surface area is 123 Å². The van der Waals surface area contributed by atoms with E-state index in [1.165, 1.54) is 25.3 Å². The van der Waals surface area contributed by atoms with Crippen molar-refractivity contribution in [2.24, 2.45) is 0 Å². The van der Waals surface area contributed by atoms with Gasteiger partial charge in [0.05, 0.1) is 12.1 Å². The van der Waals surface area contributed by atoms with E-state index in [-0.39, 0.29) is 5.02 Å². The van der Waals surface area contributed by atoms with Crippen molar-refractivity contribution in [3.05, 3.63) is 62.8 Å². The van der Waals surface area contributed by atoms with E-state index in [1.54, 1.807) is 12.1 Å². The zero-order chi connectivity index (χ0) is 14.0. The van der Waals surface area contributed by atoms with Gasteiger partial charge >= 0.3 is 0 Å². The van der Waals surface area contributed by atoms with Crippen LogP contribution in [0, 0.1) is 5.82 Å². The smallest absolute Gasteiger partial charge is 0.141 e. The second kappa shape index (κ2) is 5.90. The molecule has 0 heterocycles. The number of halogens is 3. The van der Waals surface area contributed by atoms with Crippen LogP contribution in [0.4, 0.5) is 4.39 Å². The lowest BCUT2D eigenvalue weighted by atomic mass is 10.0. The van der Waals surface area contributed by atoms with Crippen LogP contribution in [0.2, 0.25) is 5.02 Å². The van der Waals surface area contributed by atoms with Gasteiger partial charge in [0.1, 0.15) is 17.7 Å². The van der Waals surface area contributed by atoms with Gasteiger partial charge < -0.3 is 9.84 Å². The van der Waals surface area contributed by atoms with E-state index < -0.39 is 11.9 Å². The number of hydrogen-bond donors (Lipinski definition) is 1. The molecule has 0 aromatic heterocycles. The Bertz CT molecular complexity index is 604. The number of methoxy groups -OCH3 is 1. The Balaban J connectivity index is 2.45. The fourth-order valence-electron chi connectivity index (χ4n) is 1.78. The fourth-order valence-corrected chi connectivity index (χ4v) is 2.35. The summed E-state index contributed by atoms with van der Waals surface area (Å²) in [5.74, 6) is 0.0370. The maximum absolute atomic E-state index is 13.1. The quantitative estimate of drug-likeness (QED) is 0.897. The maximum atomic E-state index is 13.1. The van der Waals surface area contributed by atoms with Crippen molar-refractivity contribution in [2.75, 3.05) is 7.11 Å². The lowest BCUT2D eigenvalue weighted by Gasteiger charge is -2.16. The fraction of sp³-hybridized carbons (Fsp3) is 0.143. The average Bonchev–Trinajstić information content (AvgIpc) is 2.41. The Kier molecular flexibility index (Phi) is 4.45. The molecule has 0 aliphatic heterocycles. The Morgan fingerprint density at radius 3 is 2.63 bits per heavy atom. The van der Waals surface area contributed by atoms with Crippen LogP contribution in [-0.4, -0.2) is 12.2 Å². The van der Waals surface area contributed by atoms with Crippen molar-refractivity contribution in [3.8, 4) is 5.75 Å².